The lowest BCUT2D eigenvalue weighted by atomic mass is 9.97. The summed E-state index contributed by atoms with van der Waals surface area (Å²) >= 11 is 0. The number of amides is 2. The van der Waals surface area contributed by atoms with Gasteiger partial charge in [-0.2, -0.15) is 0 Å². The molecular formula is C36H44F2N4O3. The van der Waals surface area contributed by atoms with Crippen LogP contribution >= 0.6 is 0 Å². The molecule has 0 aliphatic carbocycles. The number of carbonyl (C=O) groups excluding carboxylic acids is 2. The highest BCUT2D eigenvalue weighted by molar-refractivity contribution is 5.98. The third-order valence-corrected chi connectivity index (χ3v) is 8.67. The van der Waals surface area contributed by atoms with Crippen LogP contribution in [0.3, 0.4) is 0 Å². The van der Waals surface area contributed by atoms with E-state index in [1.165, 1.54) is 24.3 Å². The average molecular weight is 619 g/mol. The van der Waals surface area contributed by atoms with Crippen molar-refractivity contribution in [1.82, 2.24) is 15.1 Å². The molecule has 2 saturated heterocycles. The van der Waals surface area contributed by atoms with Gasteiger partial charge in [0.25, 0.3) is 11.8 Å². The second-order valence-corrected chi connectivity index (χ2v) is 12.5. The summed E-state index contributed by atoms with van der Waals surface area (Å²) in [5, 5.41) is 3.30. The molecule has 1 N–H and O–H groups in total. The van der Waals surface area contributed by atoms with Crippen LogP contribution in [-0.2, 0) is 0 Å². The molecule has 0 saturated carbocycles. The quantitative estimate of drug-likeness (QED) is 0.308. The fourth-order valence-electron chi connectivity index (χ4n) is 6.13. The summed E-state index contributed by atoms with van der Waals surface area (Å²) in [4.78, 5) is 33.5. The van der Waals surface area contributed by atoms with Gasteiger partial charge in [0.15, 0.2) is 0 Å². The molecule has 7 nitrogen and oxygen atoms in total. The molecule has 5 rings (SSSR count). The van der Waals surface area contributed by atoms with Crippen molar-refractivity contribution in [2.24, 2.45) is 5.92 Å². The SMILES string of the molecule is CC[C@@H](C)Oc1ccc(C(=O)N2CCN(C(=O)c3cc(F)cc(N4CCNCC4)c3)C[C@@H]2CC(C)C)cc1-c1ccc(F)cc1. The number of rotatable bonds is 9. The smallest absolute Gasteiger partial charge is 0.254 e. The monoisotopic (exact) mass is 618 g/mol. The number of carbonyl (C=O) groups is 2. The largest absolute Gasteiger partial charge is 0.490 e. The van der Waals surface area contributed by atoms with Crippen molar-refractivity contribution in [1.29, 1.82) is 0 Å². The molecule has 2 aliphatic rings. The Kier molecular flexibility index (Phi) is 10.4. The lowest BCUT2D eigenvalue weighted by Crippen LogP contribution is -2.57. The van der Waals surface area contributed by atoms with Crippen molar-refractivity contribution < 1.29 is 23.1 Å². The van der Waals surface area contributed by atoms with Crippen molar-refractivity contribution in [3.63, 3.8) is 0 Å². The molecule has 0 radical (unpaired) electrons. The second-order valence-electron chi connectivity index (χ2n) is 12.5. The van der Waals surface area contributed by atoms with E-state index in [1.54, 1.807) is 29.2 Å². The van der Waals surface area contributed by atoms with E-state index in [-0.39, 0.29) is 35.7 Å². The number of anilines is 1. The lowest BCUT2D eigenvalue weighted by Gasteiger charge is -2.42. The van der Waals surface area contributed by atoms with E-state index >= 15 is 0 Å². The molecule has 3 aromatic rings. The third kappa shape index (κ3) is 7.82. The van der Waals surface area contributed by atoms with Crippen LogP contribution in [0.5, 0.6) is 5.75 Å². The van der Waals surface area contributed by atoms with Crippen LogP contribution in [0.25, 0.3) is 11.1 Å². The Morgan fingerprint density at radius 1 is 0.867 bits per heavy atom. The van der Waals surface area contributed by atoms with E-state index in [0.717, 1.165) is 43.7 Å². The molecule has 45 heavy (non-hydrogen) atoms. The summed E-state index contributed by atoms with van der Waals surface area (Å²) in [6.45, 7) is 12.4. The number of hydrogen-bond donors (Lipinski definition) is 1. The van der Waals surface area contributed by atoms with Crippen molar-refractivity contribution in [2.45, 2.75) is 52.7 Å². The molecule has 0 bridgehead atoms. The Hall–Kier alpha value is -3.98. The molecule has 240 valence electrons. The lowest BCUT2D eigenvalue weighted by molar-refractivity contribution is 0.0351. The zero-order valence-electron chi connectivity index (χ0n) is 26.7. The molecule has 0 aromatic heterocycles. The standard InChI is InChI=1S/C36H44F2N4O3/c1-5-25(4)45-34-11-8-27(21-33(34)26-6-9-29(37)10-7-26)36(44)42-17-16-41(23-32(42)18-24(2)3)35(43)28-19-30(38)22-31(20-28)40-14-12-39-13-15-40/h6-11,19-22,24-25,32,39H,5,12-18,23H2,1-4H3/t25-,32+/m1/s1. The number of hydrogen-bond acceptors (Lipinski definition) is 5. The first-order chi connectivity index (χ1) is 21.6. The fourth-order valence-corrected chi connectivity index (χ4v) is 6.13. The van der Waals surface area contributed by atoms with Gasteiger partial charge in [0, 0.05) is 74.2 Å². The van der Waals surface area contributed by atoms with Gasteiger partial charge < -0.3 is 24.8 Å². The van der Waals surface area contributed by atoms with Gasteiger partial charge in [-0.3, -0.25) is 9.59 Å². The number of nitrogens with zero attached hydrogens (tertiary/aromatic N) is 3. The van der Waals surface area contributed by atoms with E-state index < -0.39 is 5.82 Å². The van der Waals surface area contributed by atoms with Gasteiger partial charge in [-0.25, -0.2) is 8.78 Å². The number of nitrogens with one attached hydrogen (secondary N) is 1. The molecule has 2 atom stereocenters. The van der Waals surface area contributed by atoms with Crippen LogP contribution in [0.15, 0.2) is 60.7 Å². The Labute approximate surface area is 265 Å². The molecular weight excluding hydrogens is 574 g/mol. The first-order valence-corrected chi connectivity index (χ1v) is 16.1. The molecule has 2 aliphatic heterocycles. The third-order valence-electron chi connectivity index (χ3n) is 8.67. The van der Waals surface area contributed by atoms with Crippen LogP contribution in [0, 0.1) is 17.6 Å². The van der Waals surface area contributed by atoms with Gasteiger partial charge in [0.1, 0.15) is 17.4 Å². The minimum absolute atomic E-state index is 0.0298. The first-order valence-electron chi connectivity index (χ1n) is 16.1. The minimum atomic E-state index is -0.431. The summed E-state index contributed by atoms with van der Waals surface area (Å²) < 4.78 is 34.6. The van der Waals surface area contributed by atoms with Crippen LogP contribution < -0.4 is 15.0 Å². The van der Waals surface area contributed by atoms with E-state index in [1.807, 2.05) is 30.9 Å². The van der Waals surface area contributed by atoms with Gasteiger partial charge in [-0.05, 0) is 79.8 Å². The van der Waals surface area contributed by atoms with Gasteiger partial charge >= 0.3 is 0 Å². The number of benzene rings is 3. The van der Waals surface area contributed by atoms with Gasteiger partial charge in [0.2, 0.25) is 0 Å². The maximum absolute atomic E-state index is 14.7. The number of piperazine rings is 2. The molecule has 0 unspecified atom stereocenters. The zero-order valence-corrected chi connectivity index (χ0v) is 26.7. The van der Waals surface area contributed by atoms with Gasteiger partial charge in [-0.1, -0.05) is 32.9 Å². The molecule has 2 fully saturated rings. The number of halogens is 2. The van der Waals surface area contributed by atoms with E-state index in [2.05, 4.69) is 24.1 Å². The van der Waals surface area contributed by atoms with Crippen molar-refractivity contribution in [3.05, 3.63) is 83.4 Å². The molecule has 3 aromatic carbocycles. The van der Waals surface area contributed by atoms with Crippen LogP contribution in [0.1, 0.15) is 61.3 Å². The Balaban J connectivity index is 1.38. The fraction of sp³-hybridized carbons (Fsp3) is 0.444. The Morgan fingerprint density at radius 3 is 2.29 bits per heavy atom. The highest BCUT2D eigenvalue weighted by atomic mass is 19.1. The Morgan fingerprint density at radius 2 is 1.60 bits per heavy atom. The highest BCUT2D eigenvalue weighted by Gasteiger charge is 2.34. The predicted molar refractivity (Wildman–Crippen MR) is 174 cm³/mol. The maximum atomic E-state index is 14.7. The minimum Gasteiger partial charge on any atom is -0.490 e. The summed E-state index contributed by atoms with van der Waals surface area (Å²) in [7, 11) is 0. The number of ether oxygens (including phenoxy) is 1. The second kappa shape index (κ2) is 14.4. The first kappa shape index (κ1) is 32.4. The average Bonchev–Trinajstić information content (AvgIpc) is 3.04. The van der Waals surface area contributed by atoms with Crippen molar-refractivity contribution in [2.75, 3.05) is 50.7 Å². The summed E-state index contributed by atoms with van der Waals surface area (Å²) in [5.41, 5.74) is 3.03. The highest BCUT2D eigenvalue weighted by Crippen LogP contribution is 2.33. The Bertz CT molecular complexity index is 1490. The van der Waals surface area contributed by atoms with Crippen LogP contribution in [-0.4, -0.2) is 79.6 Å². The molecule has 0 spiro atoms. The summed E-state index contributed by atoms with van der Waals surface area (Å²) in [5.74, 6) is -0.195. The van der Waals surface area contributed by atoms with Crippen molar-refractivity contribution >= 4 is 17.5 Å². The van der Waals surface area contributed by atoms with Gasteiger partial charge in [-0.15, -0.1) is 0 Å². The summed E-state index contributed by atoms with van der Waals surface area (Å²) in [6, 6.07) is 16.0. The molecule has 9 heteroatoms. The zero-order chi connectivity index (χ0) is 32.1. The topological polar surface area (TPSA) is 65.1 Å². The van der Waals surface area contributed by atoms with Gasteiger partial charge in [0.05, 0.1) is 6.10 Å². The predicted octanol–water partition coefficient (Wildman–Crippen LogP) is 6.23. The van der Waals surface area contributed by atoms with Crippen LogP contribution in [0.4, 0.5) is 14.5 Å². The van der Waals surface area contributed by atoms with Crippen LogP contribution in [0.2, 0.25) is 0 Å². The van der Waals surface area contributed by atoms with Crippen molar-refractivity contribution in [3.8, 4) is 16.9 Å². The van der Waals surface area contributed by atoms with E-state index in [0.29, 0.717) is 48.6 Å². The van der Waals surface area contributed by atoms with E-state index in [4.69, 9.17) is 4.74 Å². The molecule has 2 amide bonds. The van der Waals surface area contributed by atoms with E-state index in [9.17, 15) is 18.4 Å². The maximum Gasteiger partial charge on any atom is 0.254 e. The molecule has 2 heterocycles. The normalized spacial score (nSPS) is 17.8. The summed E-state index contributed by atoms with van der Waals surface area (Å²) in [6.07, 6.45) is 1.50.